The zero-order valence-electron chi connectivity index (χ0n) is 8.71. The highest BCUT2D eigenvalue weighted by Gasteiger charge is 2.27. The number of terminal acetylenes is 1. The third-order valence-electron chi connectivity index (χ3n) is 3.26. The highest BCUT2D eigenvalue weighted by atomic mass is 15.3. The first-order chi connectivity index (χ1) is 6.90. The van der Waals surface area contributed by atoms with Gasteiger partial charge in [-0.25, -0.2) is 0 Å². The van der Waals surface area contributed by atoms with E-state index in [4.69, 9.17) is 6.42 Å². The number of nitrogens with one attached hydrogen (secondary N) is 1. The van der Waals surface area contributed by atoms with Crippen LogP contribution in [0.1, 0.15) is 6.42 Å². The molecule has 0 aromatic rings. The molecule has 14 heavy (non-hydrogen) atoms. The molecule has 0 aromatic carbocycles. The molecule has 2 aliphatic heterocycles. The molecule has 3 heteroatoms. The first kappa shape index (κ1) is 9.97. The molecule has 2 saturated heterocycles. The molecule has 2 fully saturated rings. The molecular formula is C11H19N3. The van der Waals surface area contributed by atoms with E-state index in [1.165, 1.54) is 39.3 Å². The SMILES string of the molecule is C#CCCN1CCN(C2CNC2)CC1. The molecule has 78 valence electrons. The molecule has 0 saturated carbocycles. The Morgan fingerprint density at radius 3 is 2.43 bits per heavy atom. The molecule has 0 aliphatic carbocycles. The summed E-state index contributed by atoms with van der Waals surface area (Å²) in [6, 6.07) is 0.810. The predicted octanol–water partition coefficient (Wildman–Crippen LogP) is -0.401. The van der Waals surface area contributed by atoms with Gasteiger partial charge in [-0.15, -0.1) is 12.3 Å². The van der Waals surface area contributed by atoms with E-state index in [0.29, 0.717) is 0 Å². The second-order valence-corrected chi connectivity index (χ2v) is 4.14. The molecule has 2 rings (SSSR count). The zero-order chi connectivity index (χ0) is 9.80. The van der Waals surface area contributed by atoms with Gasteiger partial charge in [0, 0.05) is 58.3 Å². The molecule has 0 aromatic heterocycles. The minimum absolute atomic E-state index is 0.810. The van der Waals surface area contributed by atoms with Crippen molar-refractivity contribution in [2.45, 2.75) is 12.5 Å². The Labute approximate surface area is 86.4 Å². The number of rotatable bonds is 3. The van der Waals surface area contributed by atoms with Crippen LogP contribution in [0.15, 0.2) is 0 Å². The van der Waals surface area contributed by atoms with Gasteiger partial charge in [-0.3, -0.25) is 9.80 Å². The van der Waals surface area contributed by atoms with Crippen LogP contribution in [0.25, 0.3) is 0 Å². The van der Waals surface area contributed by atoms with Crippen LogP contribution < -0.4 is 5.32 Å². The van der Waals surface area contributed by atoms with Crippen molar-refractivity contribution in [2.75, 3.05) is 45.8 Å². The summed E-state index contributed by atoms with van der Waals surface area (Å²) in [5.41, 5.74) is 0. The standard InChI is InChI=1S/C11H19N3/c1-2-3-4-13-5-7-14(8-6-13)11-9-12-10-11/h1,11-12H,3-10H2. The van der Waals surface area contributed by atoms with Gasteiger partial charge in [-0.1, -0.05) is 0 Å². The summed E-state index contributed by atoms with van der Waals surface area (Å²) in [5.74, 6) is 2.71. The van der Waals surface area contributed by atoms with Crippen LogP contribution in [0.4, 0.5) is 0 Å². The van der Waals surface area contributed by atoms with Gasteiger partial charge in [0.15, 0.2) is 0 Å². The van der Waals surface area contributed by atoms with Crippen LogP contribution in [0.5, 0.6) is 0 Å². The van der Waals surface area contributed by atoms with E-state index < -0.39 is 0 Å². The van der Waals surface area contributed by atoms with Crippen LogP contribution in [0.3, 0.4) is 0 Å². The van der Waals surface area contributed by atoms with Crippen molar-refractivity contribution >= 4 is 0 Å². The maximum absolute atomic E-state index is 5.26. The van der Waals surface area contributed by atoms with Crippen molar-refractivity contribution < 1.29 is 0 Å². The van der Waals surface area contributed by atoms with Crippen LogP contribution in [-0.4, -0.2) is 61.7 Å². The topological polar surface area (TPSA) is 18.5 Å². The van der Waals surface area contributed by atoms with Gasteiger partial charge in [0.25, 0.3) is 0 Å². The average molecular weight is 193 g/mol. The Balaban J connectivity index is 1.67. The Hall–Kier alpha value is -0.560. The normalized spacial score (nSPS) is 25.6. The third kappa shape index (κ3) is 2.27. The lowest BCUT2D eigenvalue weighted by molar-refractivity contribution is 0.0740. The van der Waals surface area contributed by atoms with Crippen molar-refractivity contribution in [3.63, 3.8) is 0 Å². The number of piperazine rings is 1. The highest BCUT2D eigenvalue weighted by Crippen LogP contribution is 2.09. The molecule has 0 unspecified atom stereocenters. The van der Waals surface area contributed by atoms with E-state index in [0.717, 1.165) is 19.0 Å². The molecule has 0 radical (unpaired) electrons. The van der Waals surface area contributed by atoms with Crippen molar-refractivity contribution in [3.05, 3.63) is 0 Å². The van der Waals surface area contributed by atoms with Crippen LogP contribution in [0, 0.1) is 12.3 Å². The Kier molecular flexibility index (Phi) is 3.41. The minimum atomic E-state index is 0.810. The predicted molar refractivity (Wildman–Crippen MR) is 58.1 cm³/mol. The number of nitrogens with zero attached hydrogens (tertiary/aromatic N) is 2. The summed E-state index contributed by atoms with van der Waals surface area (Å²) in [6.45, 7) is 8.27. The second kappa shape index (κ2) is 4.79. The van der Waals surface area contributed by atoms with Gasteiger partial charge in [-0.05, 0) is 0 Å². The monoisotopic (exact) mass is 193 g/mol. The van der Waals surface area contributed by atoms with E-state index in [2.05, 4.69) is 21.0 Å². The van der Waals surface area contributed by atoms with Crippen molar-refractivity contribution in [1.82, 2.24) is 15.1 Å². The third-order valence-corrected chi connectivity index (χ3v) is 3.26. The van der Waals surface area contributed by atoms with E-state index in [9.17, 15) is 0 Å². The molecule has 0 bridgehead atoms. The van der Waals surface area contributed by atoms with Crippen LogP contribution in [-0.2, 0) is 0 Å². The maximum atomic E-state index is 5.26. The molecule has 1 N–H and O–H groups in total. The molecule has 0 atom stereocenters. The van der Waals surface area contributed by atoms with Crippen molar-refractivity contribution in [3.8, 4) is 12.3 Å². The van der Waals surface area contributed by atoms with Gasteiger partial charge in [-0.2, -0.15) is 0 Å². The van der Waals surface area contributed by atoms with Gasteiger partial charge >= 0.3 is 0 Å². The van der Waals surface area contributed by atoms with E-state index >= 15 is 0 Å². The van der Waals surface area contributed by atoms with Crippen molar-refractivity contribution in [2.24, 2.45) is 0 Å². The van der Waals surface area contributed by atoms with Crippen LogP contribution in [0.2, 0.25) is 0 Å². The Bertz CT molecular complexity index is 209. The fourth-order valence-electron chi connectivity index (χ4n) is 2.11. The molecule has 2 aliphatic rings. The molecule has 3 nitrogen and oxygen atoms in total. The molecule has 0 spiro atoms. The molecular weight excluding hydrogens is 174 g/mol. The lowest BCUT2D eigenvalue weighted by atomic mass is 10.1. The quantitative estimate of drug-likeness (QED) is 0.615. The highest BCUT2D eigenvalue weighted by molar-refractivity contribution is 4.89. The summed E-state index contributed by atoms with van der Waals surface area (Å²) < 4.78 is 0. The van der Waals surface area contributed by atoms with Gasteiger partial charge in [0.05, 0.1) is 0 Å². The maximum Gasteiger partial charge on any atom is 0.0346 e. The van der Waals surface area contributed by atoms with E-state index in [-0.39, 0.29) is 0 Å². The van der Waals surface area contributed by atoms with Gasteiger partial charge < -0.3 is 5.32 Å². The van der Waals surface area contributed by atoms with E-state index in [1.807, 2.05) is 0 Å². The number of hydrogen-bond donors (Lipinski definition) is 1. The summed E-state index contributed by atoms with van der Waals surface area (Å²) in [6.07, 6.45) is 6.15. The smallest absolute Gasteiger partial charge is 0.0346 e. The summed E-state index contributed by atoms with van der Waals surface area (Å²) >= 11 is 0. The summed E-state index contributed by atoms with van der Waals surface area (Å²) in [7, 11) is 0. The first-order valence-corrected chi connectivity index (χ1v) is 5.51. The second-order valence-electron chi connectivity index (χ2n) is 4.14. The lowest BCUT2D eigenvalue weighted by Crippen LogP contribution is -2.61. The molecule has 0 amide bonds. The van der Waals surface area contributed by atoms with Crippen LogP contribution >= 0.6 is 0 Å². The average Bonchev–Trinajstić information content (AvgIpc) is 2.14. The summed E-state index contributed by atoms with van der Waals surface area (Å²) in [4.78, 5) is 5.07. The zero-order valence-corrected chi connectivity index (χ0v) is 8.71. The van der Waals surface area contributed by atoms with Crippen molar-refractivity contribution in [1.29, 1.82) is 0 Å². The minimum Gasteiger partial charge on any atom is -0.314 e. The Morgan fingerprint density at radius 1 is 1.21 bits per heavy atom. The van der Waals surface area contributed by atoms with Gasteiger partial charge in [0.2, 0.25) is 0 Å². The lowest BCUT2D eigenvalue weighted by Gasteiger charge is -2.43. The molecule has 2 heterocycles. The number of hydrogen-bond acceptors (Lipinski definition) is 3. The fourth-order valence-corrected chi connectivity index (χ4v) is 2.11. The largest absolute Gasteiger partial charge is 0.314 e. The Morgan fingerprint density at radius 2 is 1.93 bits per heavy atom. The first-order valence-electron chi connectivity index (χ1n) is 5.51. The summed E-state index contributed by atoms with van der Waals surface area (Å²) in [5, 5.41) is 3.32. The fraction of sp³-hybridized carbons (Fsp3) is 0.818. The van der Waals surface area contributed by atoms with Gasteiger partial charge in [0.1, 0.15) is 0 Å². The van der Waals surface area contributed by atoms with E-state index in [1.54, 1.807) is 0 Å².